The number of nitrogens with one attached hydrogen (secondary N) is 1. The van der Waals surface area contributed by atoms with Crippen molar-refractivity contribution in [3.63, 3.8) is 0 Å². The molecule has 0 spiro atoms. The first kappa shape index (κ1) is 12.1. The second-order valence-corrected chi connectivity index (χ2v) is 3.88. The summed E-state index contributed by atoms with van der Waals surface area (Å²) in [7, 11) is 1.70. The molecule has 0 amide bonds. The molecule has 2 unspecified atom stereocenters. The SMILES string of the molecule is COC(C(C)C)C(NN)c1cccnc1. The molecular weight excluding hydrogens is 190 g/mol. The van der Waals surface area contributed by atoms with E-state index in [1.165, 1.54) is 0 Å². The summed E-state index contributed by atoms with van der Waals surface area (Å²) in [4.78, 5) is 4.08. The number of nitrogens with two attached hydrogens (primary N) is 1. The van der Waals surface area contributed by atoms with E-state index in [0.29, 0.717) is 5.92 Å². The van der Waals surface area contributed by atoms with E-state index in [9.17, 15) is 0 Å². The van der Waals surface area contributed by atoms with Crippen molar-refractivity contribution in [2.45, 2.75) is 26.0 Å². The highest BCUT2D eigenvalue weighted by molar-refractivity contribution is 5.15. The van der Waals surface area contributed by atoms with E-state index >= 15 is 0 Å². The van der Waals surface area contributed by atoms with Crippen LogP contribution in [0.3, 0.4) is 0 Å². The van der Waals surface area contributed by atoms with Gasteiger partial charge in [-0.3, -0.25) is 16.3 Å². The summed E-state index contributed by atoms with van der Waals surface area (Å²) < 4.78 is 5.45. The third-order valence-electron chi connectivity index (χ3n) is 2.48. The van der Waals surface area contributed by atoms with E-state index in [2.05, 4.69) is 24.3 Å². The molecular formula is C11H19N3O. The lowest BCUT2D eigenvalue weighted by atomic mass is 9.95. The molecule has 0 aliphatic rings. The van der Waals surface area contributed by atoms with Crippen LogP contribution in [0.15, 0.2) is 24.5 Å². The number of nitrogens with zero attached hydrogens (tertiary/aromatic N) is 1. The van der Waals surface area contributed by atoms with Crippen molar-refractivity contribution < 1.29 is 4.74 Å². The molecule has 15 heavy (non-hydrogen) atoms. The van der Waals surface area contributed by atoms with Crippen LogP contribution in [-0.4, -0.2) is 18.2 Å². The summed E-state index contributed by atoms with van der Waals surface area (Å²) >= 11 is 0. The standard InChI is InChI=1S/C11H19N3O/c1-8(2)11(15-3)10(14-12)9-5-4-6-13-7-9/h4-8,10-11,14H,12H2,1-3H3. The van der Waals surface area contributed by atoms with E-state index in [0.717, 1.165) is 5.56 Å². The number of hydrazine groups is 1. The van der Waals surface area contributed by atoms with Gasteiger partial charge in [-0.1, -0.05) is 19.9 Å². The van der Waals surface area contributed by atoms with Gasteiger partial charge in [0.05, 0.1) is 12.1 Å². The lowest BCUT2D eigenvalue weighted by molar-refractivity contribution is 0.0325. The Labute approximate surface area is 90.8 Å². The Morgan fingerprint density at radius 3 is 2.60 bits per heavy atom. The quantitative estimate of drug-likeness (QED) is 0.566. The molecule has 0 aromatic carbocycles. The van der Waals surface area contributed by atoms with Gasteiger partial charge >= 0.3 is 0 Å². The summed E-state index contributed by atoms with van der Waals surface area (Å²) in [5.74, 6) is 5.95. The highest BCUT2D eigenvalue weighted by Crippen LogP contribution is 2.22. The minimum atomic E-state index is -0.0244. The van der Waals surface area contributed by atoms with Crippen molar-refractivity contribution in [1.29, 1.82) is 0 Å². The van der Waals surface area contributed by atoms with Crippen LogP contribution in [0.2, 0.25) is 0 Å². The van der Waals surface area contributed by atoms with Crippen molar-refractivity contribution in [3.8, 4) is 0 Å². The summed E-state index contributed by atoms with van der Waals surface area (Å²) in [6.07, 6.45) is 3.59. The van der Waals surface area contributed by atoms with Crippen LogP contribution in [0.4, 0.5) is 0 Å². The van der Waals surface area contributed by atoms with Crippen molar-refractivity contribution >= 4 is 0 Å². The van der Waals surface area contributed by atoms with E-state index in [-0.39, 0.29) is 12.1 Å². The monoisotopic (exact) mass is 209 g/mol. The molecule has 1 heterocycles. The third kappa shape index (κ3) is 2.99. The first-order valence-corrected chi connectivity index (χ1v) is 5.09. The number of aromatic nitrogens is 1. The highest BCUT2D eigenvalue weighted by atomic mass is 16.5. The Morgan fingerprint density at radius 2 is 2.20 bits per heavy atom. The molecule has 1 aromatic heterocycles. The van der Waals surface area contributed by atoms with Gasteiger partial charge in [-0.2, -0.15) is 0 Å². The maximum absolute atomic E-state index is 5.56. The molecule has 0 aliphatic carbocycles. The molecule has 4 heteroatoms. The van der Waals surface area contributed by atoms with Gasteiger partial charge in [0.25, 0.3) is 0 Å². The van der Waals surface area contributed by atoms with Crippen molar-refractivity contribution in [1.82, 2.24) is 10.4 Å². The summed E-state index contributed by atoms with van der Waals surface area (Å²) in [6.45, 7) is 4.21. The minimum Gasteiger partial charge on any atom is -0.379 e. The normalized spacial score (nSPS) is 15.3. The molecule has 0 aliphatic heterocycles. The van der Waals surface area contributed by atoms with Crippen LogP contribution in [0.1, 0.15) is 25.5 Å². The molecule has 0 radical (unpaired) electrons. The summed E-state index contributed by atoms with van der Waals surface area (Å²) in [5, 5.41) is 0. The van der Waals surface area contributed by atoms with Crippen LogP contribution in [0, 0.1) is 5.92 Å². The molecule has 0 fully saturated rings. The minimum absolute atomic E-state index is 0.0244. The Kier molecular flexibility index (Phi) is 4.68. The molecule has 1 rings (SSSR count). The van der Waals surface area contributed by atoms with Gasteiger partial charge in [0.15, 0.2) is 0 Å². The van der Waals surface area contributed by atoms with Crippen molar-refractivity contribution in [3.05, 3.63) is 30.1 Å². The van der Waals surface area contributed by atoms with Crippen LogP contribution < -0.4 is 11.3 Å². The van der Waals surface area contributed by atoms with E-state index in [1.807, 2.05) is 12.1 Å². The average molecular weight is 209 g/mol. The fraction of sp³-hybridized carbons (Fsp3) is 0.545. The predicted octanol–water partition coefficient (Wildman–Crippen LogP) is 1.26. The van der Waals surface area contributed by atoms with E-state index < -0.39 is 0 Å². The maximum Gasteiger partial charge on any atom is 0.0802 e. The zero-order chi connectivity index (χ0) is 11.3. The molecule has 0 saturated heterocycles. The molecule has 4 nitrogen and oxygen atoms in total. The Morgan fingerprint density at radius 1 is 1.47 bits per heavy atom. The number of pyridine rings is 1. The number of rotatable bonds is 5. The highest BCUT2D eigenvalue weighted by Gasteiger charge is 2.24. The van der Waals surface area contributed by atoms with Crippen LogP contribution in [-0.2, 0) is 4.74 Å². The fourth-order valence-corrected chi connectivity index (χ4v) is 1.73. The lowest BCUT2D eigenvalue weighted by Crippen LogP contribution is -2.40. The Hall–Kier alpha value is -0.970. The van der Waals surface area contributed by atoms with Crippen LogP contribution in [0.25, 0.3) is 0 Å². The largest absolute Gasteiger partial charge is 0.379 e. The van der Waals surface area contributed by atoms with Gasteiger partial charge in [-0.25, -0.2) is 0 Å². The predicted molar refractivity (Wildman–Crippen MR) is 59.9 cm³/mol. The van der Waals surface area contributed by atoms with Crippen LogP contribution >= 0.6 is 0 Å². The van der Waals surface area contributed by atoms with Crippen molar-refractivity contribution in [2.24, 2.45) is 11.8 Å². The first-order valence-electron chi connectivity index (χ1n) is 5.09. The molecule has 84 valence electrons. The zero-order valence-electron chi connectivity index (χ0n) is 9.47. The molecule has 2 atom stereocenters. The van der Waals surface area contributed by atoms with E-state index in [4.69, 9.17) is 10.6 Å². The second-order valence-electron chi connectivity index (χ2n) is 3.88. The van der Waals surface area contributed by atoms with Crippen LogP contribution in [0.5, 0.6) is 0 Å². The molecule has 3 N–H and O–H groups in total. The molecule has 0 bridgehead atoms. The zero-order valence-corrected chi connectivity index (χ0v) is 9.47. The van der Waals surface area contributed by atoms with E-state index in [1.54, 1.807) is 19.5 Å². The Bertz CT molecular complexity index is 276. The topological polar surface area (TPSA) is 60.2 Å². The summed E-state index contributed by atoms with van der Waals surface area (Å²) in [5.41, 5.74) is 3.83. The van der Waals surface area contributed by atoms with Crippen molar-refractivity contribution in [2.75, 3.05) is 7.11 Å². The number of hydrogen-bond acceptors (Lipinski definition) is 4. The van der Waals surface area contributed by atoms with Gasteiger partial charge < -0.3 is 4.74 Å². The maximum atomic E-state index is 5.56. The number of ether oxygens (including phenoxy) is 1. The van der Waals surface area contributed by atoms with Gasteiger partial charge in [0, 0.05) is 19.5 Å². The number of methoxy groups -OCH3 is 1. The third-order valence-corrected chi connectivity index (χ3v) is 2.48. The number of hydrogen-bond donors (Lipinski definition) is 2. The average Bonchev–Trinajstić information content (AvgIpc) is 2.26. The van der Waals surface area contributed by atoms with Gasteiger partial charge in [0.1, 0.15) is 0 Å². The lowest BCUT2D eigenvalue weighted by Gasteiger charge is -2.28. The Balaban J connectivity index is 2.87. The molecule has 1 aromatic rings. The van der Waals surface area contributed by atoms with Gasteiger partial charge in [-0.15, -0.1) is 0 Å². The first-order chi connectivity index (χ1) is 7.20. The molecule has 0 saturated carbocycles. The second kappa shape index (κ2) is 5.80. The van der Waals surface area contributed by atoms with Gasteiger partial charge in [-0.05, 0) is 17.5 Å². The van der Waals surface area contributed by atoms with Gasteiger partial charge in [0.2, 0.25) is 0 Å². The fourth-order valence-electron chi connectivity index (χ4n) is 1.73. The summed E-state index contributed by atoms with van der Waals surface area (Å²) in [6, 6.07) is 3.86. The smallest absolute Gasteiger partial charge is 0.0802 e.